The number of non-ortho nitro benzene ring substituents is 2. The molecule has 0 radical (unpaired) electrons. The number of anilines is 1. The molecule has 1 amide bonds. The first-order chi connectivity index (χ1) is 17.7. The number of aromatic nitrogens is 1. The second kappa shape index (κ2) is 11.1. The van der Waals surface area contributed by atoms with Crippen LogP contribution in [0.4, 0.5) is 21.5 Å². The van der Waals surface area contributed by atoms with E-state index in [0.717, 1.165) is 17.5 Å². The molecular formula is C21H17N7O7S2. The van der Waals surface area contributed by atoms with E-state index in [9.17, 15) is 35.1 Å². The van der Waals surface area contributed by atoms with Crippen LogP contribution in [0, 0.1) is 30.3 Å². The molecule has 0 saturated carbocycles. The van der Waals surface area contributed by atoms with Crippen LogP contribution in [0.3, 0.4) is 0 Å². The number of carbonyl (C=O) groups excluding carboxylic acids is 1. The number of nitro groups is 3. The first-order valence-corrected chi connectivity index (χ1v) is 12.2. The van der Waals surface area contributed by atoms with Gasteiger partial charge >= 0.3 is 5.00 Å². The monoisotopic (exact) mass is 543 g/mol. The van der Waals surface area contributed by atoms with Gasteiger partial charge in [-0.15, -0.1) is 0 Å². The van der Waals surface area contributed by atoms with Gasteiger partial charge in [-0.1, -0.05) is 11.8 Å². The molecule has 0 bridgehead atoms. The lowest BCUT2D eigenvalue weighted by Gasteiger charge is -2.24. The first kappa shape index (κ1) is 25.7. The van der Waals surface area contributed by atoms with Gasteiger partial charge in [-0.05, 0) is 52.8 Å². The van der Waals surface area contributed by atoms with E-state index in [4.69, 9.17) is 0 Å². The number of amides is 1. The van der Waals surface area contributed by atoms with Crippen molar-refractivity contribution < 1.29 is 19.6 Å². The summed E-state index contributed by atoms with van der Waals surface area (Å²) < 4.78 is 0. The second-order valence-electron chi connectivity index (χ2n) is 7.45. The van der Waals surface area contributed by atoms with Crippen LogP contribution in [0.5, 0.6) is 0 Å². The summed E-state index contributed by atoms with van der Waals surface area (Å²) in [6.45, 7) is 0.557. The molecule has 1 aliphatic rings. The molecule has 2 N–H and O–H groups in total. The van der Waals surface area contributed by atoms with Gasteiger partial charge in [-0.2, -0.15) is 0 Å². The maximum Gasteiger partial charge on any atom is 0.345 e. The zero-order valence-electron chi connectivity index (χ0n) is 18.7. The molecule has 1 unspecified atom stereocenters. The molecule has 1 aromatic heterocycles. The van der Waals surface area contributed by atoms with Crippen molar-refractivity contribution in [3.63, 3.8) is 0 Å². The third-order valence-electron chi connectivity index (χ3n) is 5.05. The van der Waals surface area contributed by atoms with E-state index in [2.05, 4.69) is 15.7 Å². The van der Waals surface area contributed by atoms with Gasteiger partial charge in [0.1, 0.15) is 11.6 Å². The Morgan fingerprint density at radius 1 is 0.919 bits per heavy atom. The second-order valence-corrected chi connectivity index (χ2v) is 9.58. The molecule has 1 saturated heterocycles. The van der Waals surface area contributed by atoms with Crippen LogP contribution in [0.25, 0.3) is 6.08 Å². The normalized spacial score (nSPS) is 16.2. The van der Waals surface area contributed by atoms with Crippen molar-refractivity contribution in [3.8, 4) is 0 Å². The number of thioether (sulfide) groups is 1. The Kier molecular flexibility index (Phi) is 7.71. The van der Waals surface area contributed by atoms with Gasteiger partial charge in [0.05, 0.1) is 19.7 Å². The predicted molar refractivity (Wildman–Crippen MR) is 137 cm³/mol. The lowest BCUT2D eigenvalue weighted by atomic mass is 10.2. The number of benzene rings is 2. The van der Waals surface area contributed by atoms with Crippen molar-refractivity contribution in [2.24, 2.45) is 0 Å². The van der Waals surface area contributed by atoms with Crippen LogP contribution in [-0.4, -0.2) is 43.8 Å². The van der Waals surface area contributed by atoms with Crippen molar-refractivity contribution in [1.29, 1.82) is 0 Å². The number of carbonyl (C=O) groups is 1. The van der Waals surface area contributed by atoms with Gasteiger partial charge in [-0.3, -0.25) is 40.1 Å². The number of rotatable bonds is 10. The van der Waals surface area contributed by atoms with E-state index >= 15 is 0 Å². The zero-order valence-corrected chi connectivity index (χ0v) is 20.3. The summed E-state index contributed by atoms with van der Waals surface area (Å²) in [5.74, 6) is -0.350. The van der Waals surface area contributed by atoms with Crippen molar-refractivity contribution >= 4 is 56.6 Å². The van der Waals surface area contributed by atoms with E-state index in [-0.39, 0.29) is 28.8 Å². The average molecular weight is 544 g/mol. The van der Waals surface area contributed by atoms with Crippen molar-refractivity contribution in [3.05, 3.63) is 101 Å². The number of nitrogens with one attached hydrogen (secondary N) is 2. The van der Waals surface area contributed by atoms with E-state index in [1.165, 1.54) is 53.2 Å². The third kappa shape index (κ3) is 6.05. The minimum Gasteiger partial charge on any atom is -0.360 e. The molecule has 3 aromatic rings. The number of hydrogen-bond donors (Lipinski definition) is 2. The van der Waals surface area contributed by atoms with Crippen molar-refractivity contribution in [1.82, 2.24) is 15.4 Å². The fourth-order valence-corrected chi connectivity index (χ4v) is 5.17. The van der Waals surface area contributed by atoms with Gasteiger partial charge in [0.25, 0.3) is 17.3 Å². The predicted octanol–water partition coefficient (Wildman–Crippen LogP) is 4.10. The van der Waals surface area contributed by atoms with Gasteiger partial charge in [0.2, 0.25) is 0 Å². The SMILES string of the molecule is O=C1/C(=C/c2ccc([N+](=O)[O-])cc2)SC(c2ccc([N+](=O)[O-])cc2)N1NCCNc1ncc([N+](=O)[O-])s1. The summed E-state index contributed by atoms with van der Waals surface area (Å²) in [6.07, 6.45) is 2.77. The molecule has 0 spiro atoms. The maximum atomic E-state index is 13.2. The first-order valence-electron chi connectivity index (χ1n) is 10.5. The maximum absolute atomic E-state index is 13.2. The van der Waals surface area contributed by atoms with Crippen LogP contribution in [0.1, 0.15) is 16.5 Å². The molecule has 190 valence electrons. The van der Waals surface area contributed by atoms with Crippen LogP contribution < -0.4 is 10.7 Å². The summed E-state index contributed by atoms with van der Waals surface area (Å²) in [7, 11) is 0. The largest absolute Gasteiger partial charge is 0.360 e. The Bertz CT molecular complexity index is 1380. The minimum absolute atomic E-state index is 0.0716. The summed E-state index contributed by atoms with van der Waals surface area (Å²) in [5, 5.41) is 36.8. The Balaban J connectivity index is 1.50. The van der Waals surface area contributed by atoms with Crippen LogP contribution in [0.15, 0.2) is 59.6 Å². The Labute approximate surface area is 216 Å². The highest BCUT2D eigenvalue weighted by Gasteiger charge is 2.37. The topological polar surface area (TPSA) is 187 Å². The summed E-state index contributed by atoms with van der Waals surface area (Å²) >= 11 is 2.12. The Morgan fingerprint density at radius 3 is 2.11 bits per heavy atom. The fraction of sp³-hybridized carbons (Fsp3) is 0.143. The fourth-order valence-electron chi connectivity index (χ4n) is 3.30. The Morgan fingerprint density at radius 2 is 1.54 bits per heavy atom. The lowest BCUT2D eigenvalue weighted by molar-refractivity contribution is -0.385. The molecule has 14 nitrogen and oxygen atoms in total. The number of nitrogens with zero attached hydrogens (tertiary/aromatic N) is 5. The molecule has 0 aliphatic carbocycles. The molecule has 37 heavy (non-hydrogen) atoms. The Hall–Kier alpha value is -4.41. The molecule has 4 rings (SSSR count). The summed E-state index contributed by atoms with van der Waals surface area (Å²) in [5.41, 5.74) is 4.12. The lowest BCUT2D eigenvalue weighted by Crippen LogP contribution is -2.42. The summed E-state index contributed by atoms with van der Waals surface area (Å²) in [6, 6.07) is 11.6. The van der Waals surface area contributed by atoms with E-state index < -0.39 is 20.1 Å². The van der Waals surface area contributed by atoms with E-state index in [1.54, 1.807) is 18.2 Å². The van der Waals surface area contributed by atoms with Gasteiger partial charge in [-0.25, -0.2) is 10.4 Å². The molecule has 2 aromatic carbocycles. The van der Waals surface area contributed by atoms with Crippen LogP contribution in [0.2, 0.25) is 0 Å². The number of hydrazine groups is 1. The quantitative estimate of drug-likeness (QED) is 0.162. The smallest absolute Gasteiger partial charge is 0.345 e. The zero-order chi connectivity index (χ0) is 26.5. The highest BCUT2D eigenvalue weighted by Crippen LogP contribution is 2.45. The minimum atomic E-state index is -0.543. The number of nitro benzene ring substituents is 2. The molecule has 1 fully saturated rings. The third-order valence-corrected chi connectivity index (χ3v) is 7.21. The van der Waals surface area contributed by atoms with Crippen LogP contribution in [-0.2, 0) is 4.79 Å². The van der Waals surface area contributed by atoms with Crippen molar-refractivity contribution in [2.75, 3.05) is 18.4 Å². The molecule has 2 heterocycles. The van der Waals surface area contributed by atoms with Gasteiger partial charge in [0.15, 0.2) is 5.13 Å². The molecule has 1 aliphatic heterocycles. The van der Waals surface area contributed by atoms with Crippen molar-refractivity contribution in [2.45, 2.75) is 5.37 Å². The number of thiazole rings is 1. The van der Waals surface area contributed by atoms with Gasteiger partial charge < -0.3 is 5.32 Å². The standard InChI is InChI=1S/C21H17N7O7S2/c29-19-17(11-13-1-5-15(6-2-13)26(30)31)36-20(14-3-7-16(8-4-14)27(32)33)25(19)24-10-9-22-21-23-12-18(37-21)28(34)35/h1-8,11-12,20,24H,9-10H2,(H,22,23)/b17-11-. The van der Waals surface area contributed by atoms with E-state index in [0.29, 0.717) is 27.7 Å². The molecular weight excluding hydrogens is 526 g/mol. The van der Waals surface area contributed by atoms with E-state index in [1.807, 2.05) is 0 Å². The van der Waals surface area contributed by atoms with Crippen LogP contribution >= 0.6 is 23.1 Å². The molecule has 1 atom stereocenters. The highest BCUT2D eigenvalue weighted by molar-refractivity contribution is 8.04. The average Bonchev–Trinajstić information content (AvgIpc) is 3.47. The molecule has 16 heteroatoms. The highest BCUT2D eigenvalue weighted by atomic mass is 32.2. The van der Waals surface area contributed by atoms with Gasteiger partial charge in [0, 0.05) is 37.4 Å². The summed E-state index contributed by atoms with van der Waals surface area (Å²) in [4.78, 5) is 48.7. The number of hydrogen-bond acceptors (Lipinski definition) is 12.